The van der Waals surface area contributed by atoms with Crippen molar-refractivity contribution in [1.82, 2.24) is 0 Å². The standard InChI is InChI=1S/C16H11Cl2NO2S/c17-11-3-1-10(2-4-11)15-14(9-19)16(15)22(20,21)13-7-5-12(18)6-8-13/h1-8,14-16H. The summed E-state index contributed by atoms with van der Waals surface area (Å²) in [6.07, 6.45) is 0. The van der Waals surface area contributed by atoms with Gasteiger partial charge in [-0.2, -0.15) is 5.26 Å². The maximum absolute atomic E-state index is 12.7. The van der Waals surface area contributed by atoms with Crippen LogP contribution in [0.1, 0.15) is 11.5 Å². The molecule has 22 heavy (non-hydrogen) atoms. The zero-order valence-electron chi connectivity index (χ0n) is 11.3. The van der Waals surface area contributed by atoms with Crippen molar-refractivity contribution in [2.45, 2.75) is 16.1 Å². The van der Waals surface area contributed by atoms with Crippen LogP contribution in [0.25, 0.3) is 0 Å². The Hall–Kier alpha value is -1.54. The summed E-state index contributed by atoms with van der Waals surface area (Å²) in [6.45, 7) is 0. The number of nitrogens with zero attached hydrogens (tertiary/aromatic N) is 1. The van der Waals surface area contributed by atoms with Crippen LogP contribution < -0.4 is 0 Å². The zero-order chi connectivity index (χ0) is 15.9. The van der Waals surface area contributed by atoms with E-state index in [2.05, 4.69) is 6.07 Å². The smallest absolute Gasteiger partial charge is 0.183 e. The van der Waals surface area contributed by atoms with E-state index in [1.165, 1.54) is 24.3 Å². The van der Waals surface area contributed by atoms with Crippen LogP contribution in [-0.4, -0.2) is 13.7 Å². The molecule has 6 heteroatoms. The van der Waals surface area contributed by atoms with Crippen molar-refractivity contribution in [1.29, 1.82) is 5.26 Å². The lowest BCUT2D eigenvalue weighted by Gasteiger charge is -2.04. The van der Waals surface area contributed by atoms with Crippen LogP contribution in [0, 0.1) is 17.2 Å². The fraction of sp³-hybridized carbons (Fsp3) is 0.188. The second kappa shape index (κ2) is 5.58. The van der Waals surface area contributed by atoms with Gasteiger partial charge in [0.2, 0.25) is 0 Å². The summed E-state index contributed by atoms with van der Waals surface area (Å²) in [5.74, 6) is -0.857. The van der Waals surface area contributed by atoms with Gasteiger partial charge in [-0.25, -0.2) is 8.42 Å². The molecule has 1 saturated carbocycles. The molecule has 0 radical (unpaired) electrons. The molecule has 0 N–H and O–H groups in total. The van der Waals surface area contributed by atoms with Gasteiger partial charge in [-0.05, 0) is 42.0 Å². The first-order chi connectivity index (χ1) is 10.4. The third-order valence-electron chi connectivity index (χ3n) is 3.86. The molecule has 1 aliphatic rings. The van der Waals surface area contributed by atoms with Gasteiger partial charge in [0.05, 0.1) is 22.1 Å². The summed E-state index contributed by atoms with van der Waals surface area (Å²) in [7, 11) is -3.57. The molecule has 3 atom stereocenters. The van der Waals surface area contributed by atoms with Crippen LogP contribution in [0.15, 0.2) is 53.4 Å². The highest BCUT2D eigenvalue weighted by Gasteiger charge is 2.59. The van der Waals surface area contributed by atoms with E-state index in [4.69, 9.17) is 23.2 Å². The number of hydrogen-bond acceptors (Lipinski definition) is 3. The molecule has 0 aromatic heterocycles. The Labute approximate surface area is 139 Å². The van der Waals surface area contributed by atoms with Gasteiger partial charge in [0.25, 0.3) is 0 Å². The number of rotatable bonds is 3. The molecule has 3 unspecified atom stereocenters. The predicted molar refractivity (Wildman–Crippen MR) is 85.7 cm³/mol. The maximum atomic E-state index is 12.7. The van der Waals surface area contributed by atoms with E-state index < -0.39 is 21.0 Å². The van der Waals surface area contributed by atoms with Gasteiger partial charge < -0.3 is 0 Å². The highest BCUT2D eigenvalue weighted by atomic mass is 35.5. The van der Waals surface area contributed by atoms with Crippen LogP contribution >= 0.6 is 23.2 Å². The molecule has 112 valence electrons. The van der Waals surface area contributed by atoms with E-state index in [0.717, 1.165) is 5.56 Å². The molecular formula is C16H11Cl2NO2S. The Morgan fingerprint density at radius 3 is 1.91 bits per heavy atom. The molecule has 1 aliphatic carbocycles. The highest BCUT2D eigenvalue weighted by molar-refractivity contribution is 7.92. The third-order valence-corrected chi connectivity index (χ3v) is 6.59. The van der Waals surface area contributed by atoms with Crippen LogP contribution in [0.4, 0.5) is 0 Å². The Balaban J connectivity index is 1.95. The number of hydrogen-bond donors (Lipinski definition) is 0. The highest BCUT2D eigenvalue weighted by Crippen LogP contribution is 2.53. The van der Waals surface area contributed by atoms with E-state index >= 15 is 0 Å². The number of halogens is 2. The van der Waals surface area contributed by atoms with E-state index in [1.54, 1.807) is 24.3 Å². The van der Waals surface area contributed by atoms with E-state index in [1.807, 2.05) is 0 Å². The topological polar surface area (TPSA) is 57.9 Å². The second-order valence-electron chi connectivity index (χ2n) is 5.20. The van der Waals surface area contributed by atoms with Crippen molar-refractivity contribution in [3.63, 3.8) is 0 Å². The molecule has 0 saturated heterocycles. The quantitative estimate of drug-likeness (QED) is 0.837. The average molecular weight is 352 g/mol. The van der Waals surface area contributed by atoms with Gasteiger partial charge in [-0.3, -0.25) is 0 Å². The molecular weight excluding hydrogens is 341 g/mol. The van der Waals surface area contributed by atoms with Gasteiger partial charge in [-0.15, -0.1) is 0 Å². The molecule has 3 rings (SSSR count). The van der Waals surface area contributed by atoms with Gasteiger partial charge >= 0.3 is 0 Å². The lowest BCUT2D eigenvalue weighted by atomic mass is 10.1. The molecule has 2 aromatic carbocycles. The maximum Gasteiger partial charge on any atom is 0.183 e. The minimum atomic E-state index is -3.57. The molecule has 0 spiro atoms. The van der Waals surface area contributed by atoms with Gasteiger partial charge in [0.15, 0.2) is 9.84 Å². The molecule has 0 bridgehead atoms. The number of benzene rings is 2. The van der Waals surface area contributed by atoms with E-state index in [0.29, 0.717) is 10.0 Å². The average Bonchev–Trinajstić information content (AvgIpc) is 3.24. The second-order valence-corrected chi connectivity index (χ2v) is 8.17. The molecule has 2 aromatic rings. The summed E-state index contributed by atoms with van der Waals surface area (Å²) in [4.78, 5) is 0.193. The van der Waals surface area contributed by atoms with E-state index in [9.17, 15) is 13.7 Å². The Bertz CT molecular complexity index is 839. The Morgan fingerprint density at radius 2 is 1.41 bits per heavy atom. The van der Waals surface area contributed by atoms with Crippen molar-refractivity contribution < 1.29 is 8.42 Å². The fourth-order valence-electron chi connectivity index (χ4n) is 2.69. The zero-order valence-corrected chi connectivity index (χ0v) is 13.6. The van der Waals surface area contributed by atoms with Crippen molar-refractivity contribution >= 4 is 33.0 Å². The molecule has 1 fully saturated rings. The van der Waals surface area contributed by atoms with Crippen LogP contribution in [0.3, 0.4) is 0 Å². The monoisotopic (exact) mass is 351 g/mol. The summed E-state index contributed by atoms with van der Waals surface area (Å²) in [5.41, 5.74) is 0.818. The van der Waals surface area contributed by atoms with Crippen LogP contribution in [0.5, 0.6) is 0 Å². The first-order valence-corrected chi connectivity index (χ1v) is 8.90. The number of sulfone groups is 1. The van der Waals surface area contributed by atoms with Gasteiger partial charge in [-0.1, -0.05) is 35.3 Å². The Morgan fingerprint density at radius 1 is 0.909 bits per heavy atom. The Kier molecular flexibility index (Phi) is 3.90. The van der Waals surface area contributed by atoms with E-state index in [-0.39, 0.29) is 10.8 Å². The molecule has 0 heterocycles. The molecule has 0 aliphatic heterocycles. The minimum absolute atomic E-state index is 0.193. The summed E-state index contributed by atoms with van der Waals surface area (Å²) in [6, 6.07) is 15.1. The first kappa shape index (κ1) is 15.4. The molecule has 3 nitrogen and oxygen atoms in total. The SMILES string of the molecule is N#CC1C(c2ccc(Cl)cc2)C1S(=O)(=O)c1ccc(Cl)cc1. The third kappa shape index (κ3) is 2.61. The lowest BCUT2D eigenvalue weighted by molar-refractivity contribution is 0.593. The van der Waals surface area contributed by atoms with Crippen LogP contribution in [0.2, 0.25) is 10.0 Å². The largest absolute Gasteiger partial charge is 0.223 e. The van der Waals surface area contributed by atoms with Gasteiger partial charge in [0, 0.05) is 16.0 Å². The van der Waals surface area contributed by atoms with Crippen molar-refractivity contribution in [2.24, 2.45) is 5.92 Å². The summed E-state index contributed by atoms with van der Waals surface area (Å²) in [5, 5.41) is 9.58. The normalized spacial score (nSPS) is 23.8. The summed E-state index contributed by atoms with van der Waals surface area (Å²) < 4.78 is 25.4. The van der Waals surface area contributed by atoms with Crippen molar-refractivity contribution in [3.05, 3.63) is 64.1 Å². The predicted octanol–water partition coefficient (Wildman–Crippen LogP) is 4.07. The van der Waals surface area contributed by atoms with Gasteiger partial charge in [0.1, 0.15) is 0 Å². The minimum Gasteiger partial charge on any atom is -0.223 e. The van der Waals surface area contributed by atoms with Crippen molar-refractivity contribution in [3.8, 4) is 6.07 Å². The molecule has 0 amide bonds. The first-order valence-electron chi connectivity index (χ1n) is 6.59. The van der Waals surface area contributed by atoms with Crippen LogP contribution in [-0.2, 0) is 9.84 Å². The lowest BCUT2D eigenvalue weighted by Crippen LogP contribution is -2.10. The summed E-state index contributed by atoms with van der Waals surface area (Å²) >= 11 is 11.6. The number of nitriles is 1. The fourth-order valence-corrected chi connectivity index (χ4v) is 5.01. The van der Waals surface area contributed by atoms with Crippen molar-refractivity contribution in [2.75, 3.05) is 0 Å².